The number of nitrogens with zero attached hydrogens (tertiary/aromatic N) is 1. The average molecular weight is 539 g/mol. The number of rotatable bonds is 0. The predicted octanol–water partition coefficient (Wildman–Crippen LogP) is 4.79. The zero-order valence-electron chi connectivity index (χ0n) is 14.8. The van der Waals surface area contributed by atoms with Gasteiger partial charge in [0.05, 0.1) is 0 Å². The molecule has 0 aliphatic heterocycles. The van der Waals surface area contributed by atoms with Crippen molar-refractivity contribution < 1.29 is 25.9 Å². The summed E-state index contributed by atoms with van der Waals surface area (Å²) in [5.74, 6) is 0.0885. The van der Waals surface area contributed by atoms with Crippen molar-refractivity contribution in [3.63, 3.8) is 0 Å². The predicted molar refractivity (Wildman–Crippen MR) is 104 cm³/mol. The van der Waals surface area contributed by atoms with Crippen molar-refractivity contribution in [2.75, 3.05) is 0 Å². The molecule has 0 unspecified atom stereocenters. The van der Waals surface area contributed by atoms with E-state index in [9.17, 15) is 4.79 Å². The van der Waals surface area contributed by atoms with Crippen LogP contribution >= 0.6 is 0 Å². The molecule has 2 nitrogen and oxygen atoms in total. The van der Waals surface area contributed by atoms with E-state index in [1.54, 1.807) is 0 Å². The number of ketones is 1. The van der Waals surface area contributed by atoms with Crippen molar-refractivity contribution in [2.24, 2.45) is 0 Å². The Balaban J connectivity index is 0.00000171. The largest absolute Gasteiger partial charge is 0.304 e. The van der Waals surface area contributed by atoms with Crippen LogP contribution in [-0.2, 0) is 26.5 Å². The van der Waals surface area contributed by atoms with E-state index in [2.05, 4.69) is 30.3 Å². The van der Waals surface area contributed by atoms with Gasteiger partial charge < -0.3 is 4.98 Å². The molecule has 3 heteroatoms. The van der Waals surface area contributed by atoms with Crippen molar-refractivity contribution in [3.8, 4) is 11.3 Å². The Bertz CT molecular complexity index is 1160. The van der Waals surface area contributed by atoms with Crippen molar-refractivity contribution in [2.45, 2.75) is 5.41 Å². The molecule has 2 aliphatic carbocycles. The van der Waals surface area contributed by atoms with Gasteiger partial charge in [-0.05, 0) is 22.9 Å². The minimum atomic E-state index is -0.530. The van der Waals surface area contributed by atoms with E-state index in [4.69, 9.17) is 4.98 Å². The van der Waals surface area contributed by atoms with Gasteiger partial charge in [0.25, 0.3) is 0 Å². The van der Waals surface area contributed by atoms with E-state index in [1.807, 2.05) is 60.8 Å². The van der Waals surface area contributed by atoms with Crippen molar-refractivity contribution >= 4 is 5.78 Å². The number of benzene rings is 3. The van der Waals surface area contributed by atoms with E-state index in [0.29, 0.717) is 0 Å². The van der Waals surface area contributed by atoms with Crippen LogP contribution in [0.15, 0.2) is 85.1 Å². The van der Waals surface area contributed by atoms with E-state index in [0.717, 1.165) is 44.6 Å². The van der Waals surface area contributed by atoms with Gasteiger partial charge in [0, 0.05) is 43.8 Å². The Morgan fingerprint density at radius 2 is 1.32 bits per heavy atom. The summed E-state index contributed by atoms with van der Waals surface area (Å²) in [5.41, 5.74) is 7.30. The van der Waals surface area contributed by atoms with Crippen LogP contribution in [0.25, 0.3) is 11.3 Å². The molecule has 0 radical (unpaired) electrons. The molecule has 3 aromatic carbocycles. The first kappa shape index (κ1) is 17.3. The first-order chi connectivity index (χ1) is 13.3. The Morgan fingerprint density at radius 3 is 2.04 bits per heavy atom. The van der Waals surface area contributed by atoms with Crippen LogP contribution in [0.5, 0.6) is 0 Å². The molecule has 0 atom stereocenters. The van der Waals surface area contributed by atoms with Gasteiger partial charge in [-0.15, -0.1) is 35.4 Å². The van der Waals surface area contributed by atoms with E-state index in [1.165, 1.54) is 0 Å². The third-order valence-electron chi connectivity index (χ3n) is 5.86. The first-order valence-electron chi connectivity index (χ1n) is 9.04. The Labute approximate surface area is 177 Å². The Morgan fingerprint density at radius 1 is 0.714 bits per heavy atom. The molecule has 1 spiro atoms. The van der Waals surface area contributed by atoms with Crippen LogP contribution in [-0.4, -0.2) is 10.8 Å². The number of fused-ring (bicyclic) bond motifs is 9. The molecule has 0 fully saturated rings. The molecule has 1 aromatic heterocycles. The fourth-order valence-corrected chi connectivity index (χ4v) is 4.88. The average Bonchev–Trinajstić information content (AvgIpc) is 3.04. The van der Waals surface area contributed by atoms with Gasteiger partial charge >= 0.3 is 0 Å². The Hall–Kier alpha value is -2.83. The molecule has 1 heterocycles. The van der Waals surface area contributed by atoms with Gasteiger partial charge in [0.1, 0.15) is 0 Å². The molecule has 4 aromatic rings. The fraction of sp³-hybridized carbons (Fsp3) is 0.0400. The number of carbonyl (C=O) groups is 1. The maximum Gasteiger partial charge on any atom is 0.193 e. The summed E-state index contributed by atoms with van der Waals surface area (Å²) in [4.78, 5) is 17.9. The standard InChI is InChI=1S/C25H14NO.Pt/c27-24-17-9-2-5-12-20(17)25(21-13-6-3-10-18(21)24)19-11-4-1-8-16(19)23-22(25)14-7-15-26-23;/h1-7,9-15H;/q-1;. The van der Waals surface area contributed by atoms with E-state index >= 15 is 0 Å². The molecular weight excluding hydrogens is 525 g/mol. The molecule has 28 heavy (non-hydrogen) atoms. The molecule has 0 saturated heterocycles. The smallest absolute Gasteiger partial charge is 0.193 e. The van der Waals surface area contributed by atoms with Crippen LogP contribution < -0.4 is 0 Å². The molecule has 2 aliphatic rings. The summed E-state index contributed by atoms with van der Waals surface area (Å²) >= 11 is 0. The van der Waals surface area contributed by atoms with Gasteiger partial charge in [-0.3, -0.25) is 4.79 Å². The molecule has 0 bridgehead atoms. The van der Waals surface area contributed by atoms with E-state index < -0.39 is 5.41 Å². The van der Waals surface area contributed by atoms with Gasteiger partial charge in [-0.1, -0.05) is 60.2 Å². The minimum absolute atomic E-state index is 0. The summed E-state index contributed by atoms with van der Waals surface area (Å²) in [6.45, 7) is 0. The quantitative estimate of drug-likeness (QED) is 0.260. The van der Waals surface area contributed by atoms with Crippen molar-refractivity contribution in [1.29, 1.82) is 0 Å². The number of pyridine rings is 1. The number of aromatic nitrogens is 1. The van der Waals surface area contributed by atoms with Crippen LogP contribution in [0.4, 0.5) is 0 Å². The summed E-state index contributed by atoms with van der Waals surface area (Å²) < 4.78 is 0. The summed E-state index contributed by atoms with van der Waals surface area (Å²) in [6.07, 6.45) is 1.83. The van der Waals surface area contributed by atoms with Gasteiger partial charge in [-0.2, -0.15) is 0 Å². The zero-order chi connectivity index (χ0) is 18.0. The van der Waals surface area contributed by atoms with Gasteiger partial charge in [0.15, 0.2) is 5.78 Å². The van der Waals surface area contributed by atoms with Gasteiger partial charge in [-0.25, -0.2) is 0 Å². The van der Waals surface area contributed by atoms with Crippen LogP contribution in [0, 0.1) is 6.07 Å². The molecule has 0 amide bonds. The van der Waals surface area contributed by atoms with Crippen LogP contribution in [0.3, 0.4) is 0 Å². The third kappa shape index (κ3) is 1.91. The molecule has 0 N–H and O–H groups in total. The second kappa shape index (κ2) is 6.09. The van der Waals surface area contributed by atoms with Crippen LogP contribution in [0.1, 0.15) is 38.2 Å². The van der Waals surface area contributed by atoms with Crippen molar-refractivity contribution in [1.82, 2.24) is 4.98 Å². The Kier molecular flexibility index (Phi) is 3.76. The number of carbonyl (C=O) groups excluding carboxylic acids is 1. The topological polar surface area (TPSA) is 30.0 Å². The monoisotopic (exact) mass is 539 g/mol. The molecule has 6 rings (SSSR count). The summed E-state index contributed by atoms with van der Waals surface area (Å²) in [7, 11) is 0. The number of hydrogen-bond donors (Lipinski definition) is 0. The van der Waals surface area contributed by atoms with Crippen LogP contribution in [0.2, 0.25) is 0 Å². The maximum absolute atomic E-state index is 13.2. The summed E-state index contributed by atoms with van der Waals surface area (Å²) in [6, 6.07) is 29.6. The minimum Gasteiger partial charge on any atom is -0.304 e. The first-order valence-corrected chi connectivity index (χ1v) is 9.04. The SMILES string of the molecule is O=C1c2ccccc2C2(c3ccc[c-]c3-c3ncccc32)c2ccccc21.[Pt]. The fourth-order valence-electron chi connectivity index (χ4n) is 4.88. The second-order valence-electron chi connectivity index (χ2n) is 7.03. The zero-order valence-corrected chi connectivity index (χ0v) is 17.0. The number of hydrogen-bond acceptors (Lipinski definition) is 2. The van der Waals surface area contributed by atoms with E-state index in [-0.39, 0.29) is 26.8 Å². The van der Waals surface area contributed by atoms with Gasteiger partial charge in [0.2, 0.25) is 0 Å². The molecule has 136 valence electrons. The molecular formula is C25H14NOPt-. The maximum atomic E-state index is 13.2. The van der Waals surface area contributed by atoms with Crippen molar-refractivity contribution in [3.05, 3.63) is 125 Å². The summed E-state index contributed by atoms with van der Waals surface area (Å²) in [5, 5.41) is 0. The normalized spacial score (nSPS) is 14.5. The molecule has 0 saturated carbocycles. The third-order valence-corrected chi connectivity index (χ3v) is 5.86. The second-order valence-corrected chi connectivity index (χ2v) is 7.03.